The average molecular weight is 902 g/mol. The molecule has 0 unspecified atom stereocenters. The fourth-order valence-corrected chi connectivity index (χ4v) is 6.83. The normalized spacial score (nSPS) is 15.7. The van der Waals surface area contributed by atoms with Crippen molar-refractivity contribution in [3.05, 3.63) is 29.8 Å². The number of carbonyl (C=O) groups excluding carboxylic acids is 7. The summed E-state index contributed by atoms with van der Waals surface area (Å²) in [4.78, 5) is 104. The molecule has 1 aromatic carbocycles. The number of nitrogens with one attached hydrogen (secondary N) is 6. The SMILES string of the molecule is CCC[C@H](NC(=O)[C@H](CCCN=C(N)N)NC(=O)[C@@H]1CCCN1C(=O)CNCCCN=C(N)N)C(=O)N[C@@H](Cc1ccc(O)cc1)C(=O)N[C@@H](CN)C(=O)N[C@@H](CCC(C)C)C(N)=O. The third-order valence-electron chi connectivity index (χ3n) is 10.3. The van der Waals surface area contributed by atoms with E-state index in [1.165, 1.54) is 17.0 Å². The number of aliphatic imine (C=N–C) groups is 2. The number of phenols is 1. The second-order valence-corrected chi connectivity index (χ2v) is 16.1. The number of hydrogen-bond acceptors (Lipinski definition) is 12. The molecule has 0 aliphatic carbocycles. The first kappa shape index (κ1) is 53.9. The Morgan fingerprint density at radius 3 is 1.84 bits per heavy atom. The summed E-state index contributed by atoms with van der Waals surface area (Å²) in [6.07, 6.45) is 3.16. The number of rotatable bonds is 29. The maximum absolute atomic E-state index is 14.0. The van der Waals surface area contributed by atoms with Crippen LogP contribution in [0.1, 0.15) is 84.1 Å². The number of aromatic hydroxyl groups is 1. The third-order valence-corrected chi connectivity index (χ3v) is 10.3. The smallest absolute Gasteiger partial charge is 0.244 e. The van der Waals surface area contributed by atoms with Crippen LogP contribution < -0.4 is 66.3 Å². The van der Waals surface area contributed by atoms with Gasteiger partial charge in [0.1, 0.15) is 42.0 Å². The summed E-state index contributed by atoms with van der Waals surface area (Å²) < 4.78 is 0. The van der Waals surface area contributed by atoms with Crippen LogP contribution in [-0.4, -0.2) is 139 Å². The zero-order valence-corrected chi connectivity index (χ0v) is 37.3. The van der Waals surface area contributed by atoms with E-state index >= 15 is 0 Å². The standard InChI is InChI=1S/C41H71N15O8/c1-4-8-28(35(60)54-30(21-25-12-14-26(57)15-13-25)37(62)55-31(22-42)38(63)51-27(34(43)59)16-11-24(2)3)52-36(61)29(9-5-18-49-40(44)45)53-39(64)32-10-6-20-56(32)33(58)23-48-17-7-19-50-41(46)47/h12-15,24,27-32,48,57H,4-11,16-23,42H2,1-3H3,(H2,43,59)(H,51,63)(H,52,61)(H,53,64)(H,54,60)(H,55,62)(H4,44,45,49)(H4,46,47,50)/t27-,28-,29-,30-,31-,32-/m0/s1. The summed E-state index contributed by atoms with van der Waals surface area (Å²) in [6.45, 7) is 6.64. The van der Waals surface area contributed by atoms with Crippen LogP contribution in [-0.2, 0) is 40.0 Å². The van der Waals surface area contributed by atoms with Crippen LogP contribution in [0.5, 0.6) is 5.75 Å². The number of nitrogens with zero attached hydrogens (tertiary/aromatic N) is 3. The zero-order chi connectivity index (χ0) is 47.8. The van der Waals surface area contributed by atoms with Crippen molar-refractivity contribution in [2.24, 2.45) is 50.3 Å². The highest BCUT2D eigenvalue weighted by Gasteiger charge is 2.37. The van der Waals surface area contributed by atoms with Crippen LogP contribution in [0.15, 0.2) is 34.3 Å². The Balaban J connectivity index is 2.29. The van der Waals surface area contributed by atoms with Gasteiger partial charge in [-0.3, -0.25) is 43.5 Å². The van der Waals surface area contributed by atoms with E-state index in [4.69, 9.17) is 34.4 Å². The van der Waals surface area contributed by atoms with Crippen molar-refractivity contribution in [2.45, 2.75) is 121 Å². The van der Waals surface area contributed by atoms with Gasteiger partial charge in [-0.15, -0.1) is 0 Å². The van der Waals surface area contributed by atoms with E-state index < -0.39 is 71.7 Å². The number of benzene rings is 1. The first-order valence-corrected chi connectivity index (χ1v) is 21.8. The number of hydrogen-bond donors (Lipinski definition) is 13. The first-order chi connectivity index (χ1) is 30.4. The summed E-state index contributed by atoms with van der Waals surface area (Å²) in [5.41, 5.74) is 33.6. The Bertz CT molecular complexity index is 1750. The van der Waals surface area contributed by atoms with E-state index in [2.05, 4.69) is 41.9 Å². The second-order valence-electron chi connectivity index (χ2n) is 16.1. The lowest BCUT2D eigenvalue weighted by Gasteiger charge is -2.28. The van der Waals surface area contributed by atoms with E-state index in [1.807, 2.05) is 13.8 Å². The minimum absolute atomic E-state index is 0.0259. The number of nitrogens with two attached hydrogens (primary N) is 6. The van der Waals surface area contributed by atoms with Gasteiger partial charge in [-0.05, 0) is 81.5 Å². The molecule has 358 valence electrons. The van der Waals surface area contributed by atoms with Crippen LogP contribution in [0, 0.1) is 5.92 Å². The Morgan fingerprint density at radius 2 is 1.27 bits per heavy atom. The number of carbonyl (C=O) groups is 7. The molecule has 19 N–H and O–H groups in total. The Hall–Kier alpha value is -6.23. The van der Waals surface area contributed by atoms with Crippen LogP contribution in [0.2, 0.25) is 0 Å². The minimum Gasteiger partial charge on any atom is -0.508 e. The van der Waals surface area contributed by atoms with E-state index in [9.17, 15) is 38.7 Å². The summed E-state index contributed by atoms with van der Waals surface area (Å²) in [5.74, 6) is -4.58. The van der Waals surface area contributed by atoms with Crippen LogP contribution in [0.25, 0.3) is 0 Å². The Morgan fingerprint density at radius 1 is 0.719 bits per heavy atom. The lowest BCUT2D eigenvalue weighted by atomic mass is 10.0. The largest absolute Gasteiger partial charge is 0.508 e. The monoisotopic (exact) mass is 902 g/mol. The molecule has 0 bridgehead atoms. The van der Waals surface area contributed by atoms with Crippen LogP contribution >= 0.6 is 0 Å². The first-order valence-electron chi connectivity index (χ1n) is 21.8. The fraction of sp³-hybridized carbons (Fsp3) is 0.634. The molecule has 1 aliphatic rings. The van der Waals surface area contributed by atoms with Crippen molar-refractivity contribution in [2.75, 3.05) is 39.3 Å². The topological polar surface area (TPSA) is 396 Å². The van der Waals surface area contributed by atoms with Crippen molar-refractivity contribution < 1.29 is 38.7 Å². The van der Waals surface area contributed by atoms with Crippen LogP contribution in [0.3, 0.4) is 0 Å². The van der Waals surface area contributed by atoms with Gasteiger partial charge in [0.25, 0.3) is 0 Å². The molecule has 1 aliphatic heterocycles. The van der Waals surface area contributed by atoms with Gasteiger partial charge < -0.3 is 76.3 Å². The summed E-state index contributed by atoms with van der Waals surface area (Å²) in [5, 5.41) is 26.2. The molecule has 23 heteroatoms. The lowest BCUT2D eigenvalue weighted by molar-refractivity contribution is -0.139. The summed E-state index contributed by atoms with van der Waals surface area (Å²) in [7, 11) is 0. The number of likely N-dealkylation sites (tertiary alicyclic amines) is 1. The van der Waals surface area contributed by atoms with Crippen LogP contribution in [0.4, 0.5) is 0 Å². The quantitative estimate of drug-likeness (QED) is 0.0210. The Kier molecular flexibility index (Phi) is 24.0. The average Bonchev–Trinajstić information content (AvgIpc) is 3.74. The zero-order valence-electron chi connectivity index (χ0n) is 37.3. The summed E-state index contributed by atoms with van der Waals surface area (Å²) >= 11 is 0. The van der Waals surface area contributed by atoms with E-state index in [0.29, 0.717) is 57.3 Å². The van der Waals surface area contributed by atoms with Gasteiger partial charge >= 0.3 is 0 Å². The maximum Gasteiger partial charge on any atom is 0.244 e. The molecule has 1 heterocycles. The molecule has 0 spiro atoms. The van der Waals surface area contributed by atoms with Gasteiger partial charge in [0.15, 0.2) is 11.9 Å². The van der Waals surface area contributed by atoms with Crippen molar-refractivity contribution >= 4 is 53.3 Å². The molecule has 1 aromatic rings. The maximum atomic E-state index is 14.0. The highest BCUT2D eigenvalue weighted by Crippen LogP contribution is 2.18. The number of amides is 7. The molecule has 1 saturated heterocycles. The minimum atomic E-state index is -1.32. The molecule has 0 aromatic heterocycles. The number of phenolic OH excluding ortho intramolecular Hbond substituents is 1. The van der Waals surface area contributed by atoms with Gasteiger partial charge in [-0.2, -0.15) is 0 Å². The molecular formula is C41H71N15O8. The highest BCUT2D eigenvalue weighted by molar-refractivity contribution is 5.97. The molecule has 64 heavy (non-hydrogen) atoms. The molecule has 0 saturated carbocycles. The van der Waals surface area contributed by atoms with E-state index in [0.717, 1.165) is 0 Å². The second kappa shape index (κ2) is 28.5. The molecule has 23 nitrogen and oxygen atoms in total. The summed E-state index contributed by atoms with van der Waals surface area (Å²) in [6, 6.07) is -0.953. The molecule has 2 rings (SSSR count). The molecule has 7 amide bonds. The van der Waals surface area contributed by atoms with Gasteiger partial charge in [0.2, 0.25) is 41.4 Å². The Labute approximate surface area is 374 Å². The van der Waals surface area contributed by atoms with Crippen molar-refractivity contribution in [1.82, 2.24) is 36.8 Å². The van der Waals surface area contributed by atoms with Gasteiger partial charge in [0.05, 0.1) is 6.54 Å². The molecule has 6 atom stereocenters. The molecule has 0 radical (unpaired) electrons. The predicted molar refractivity (Wildman–Crippen MR) is 242 cm³/mol. The fourth-order valence-electron chi connectivity index (χ4n) is 6.83. The van der Waals surface area contributed by atoms with E-state index in [1.54, 1.807) is 19.1 Å². The predicted octanol–water partition coefficient (Wildman–Crippen LogP) is -3.66. The highest BCUT2D eigenvalue weighted by atomic mass is 16.3. The number of primary amides is 1. The van der Waals surface area contributed by atoms with Crippen molar-refractivity contribution in [3.63, 3.8) is 0 Å². The van der Waals surface area contributed by atoms with Crippen molar-refractivity contribution in [1.29, 1.82) is 0 Å². The van der Waals surface area contributed by atoms with E-state index in [-0.39, 0.29) is 81.2 Å². The third kappa shape index (κ3) is 19.9. The number of guanidine groups is 2. The lowest BCUT2D eigenvalue weighted by Crippen LogP contribution is -2.61. The van der Waals surface area contributed by atoms with Gasteiger partial charge in [0, 0.05) is 32.6 Å². The van der Waals surface area contributed by atoms with Crippen molar-refractivity contribution in [3.8, 4) is 5.75 Å². The van der Waals surface area contributed by atoms with Gasteiger partial charge in [-0.25, -0.2) is 0 Å². The molecule has 1 fully saturated rings. The molecular weight excluding hydrogens is 831 g/mol. The van der Waals surface area contributed by atoms with Gasteiger partial charge in [-0.1, -0.05) is 39.3 Å².